The van der Waals surface area contributed by atoms with Gasteiger partial charge in [0.05, 0.1) is 145 Å². The number of nitrogens with zero attached hydrogens (tertiary/aromatic N) is 1. The molecule has 0 bridgehead atoms. The summed E-state index contributed by atoms with van der Waals surface area (Å²) in [6, 6.07) is 0. The van der Waals surface area contributed by atoms with Gasteiger partial charge in [-0.15, -0.1) is 0 Å². The van der Waals surface area contributed by atoms with Crippen molar-refractivity contribution in [3.8, 4) is 0 Å². The lowest BCUT2D eigenvalue weighted by Crippen LogP contribution is -2.35. The molecule has 0 aromatic carbocycles. The third kappa shape index (κ3) is 28.8. The summed E-state index contributed by atoms with van der Waals surface area (Å²) in [6.45, 7) is 11.4. The highest BCUT2D eigenvalue weighted by molar-refractivity contribution is 6.13. The van der Waals surface area contributed by atoms with E-state index >= 15 is 0 Å². The Kier molecular flexibility index (Phi) is 31.8. The van der Waals surface area contributed by atoms with Crippen molar-refractivity contribution in [1.29, 1.82) is 0 Å². The molecule has 0 unspecified atom stereocenters. The van der Waals surface area contributed by atoms with Crippen LogP contribution in [0.5, 0.6) is 0 Å². The van der Waals surface area contributed by atoms with Crippen LogP contribution in [-0.2, 0) is 66.5 Å². The summed E-state index contributed by atoms with van der Waals surface area (Å²) in [4.78, 5) is 35.7. The fourth-order valence-electron chi connectivity index (χ4n) is 3.60. The first kappa shape index (κ1) is 43.9. The van der Waals surface area contributed by atoms with Crippen LogP contribution in [0.1, 0.15) is 6.42 Å². The molecule has 0 fully saturated rings. The first-order valence-corrected chi connectivity index (χ1v) is 16.5. The van der Waals surface area contributed by atoms with E-state index in [1.165, 1.54) is 12.2 Å². The van der Waals surface area contributed by atoms with Gasteiger partial charge in [0.2, 0.25) is 5.91 Å². The number of amides is 3. The normalized spacial score (nSPS) is 12.9. The van der Waals surface area contributed by atoms with Crippen LogP contribution in [-0.4, -0.2) is 188 Å². The summed E-state index contributed by atoms with van der Waals surface area (Å²) in [5.74, 6) is -1.05. The van der Waals surface area contributed by atoms with Gasteiger partial charge in [-0.1, -0.05) is 0 Å². The number of carbonyl (C=O) groups excluding carboxylic acids is 3. The molecule has 0 radical (unpaired) electrons. The van der Waals surface area contributed by atoms with Gasteiger partial charge >= 0.3 is 0 Å². The zero-order valence-electron chi connectivity index (χ0n) is 28.3. The van der Waals surface area contributed by atoms with E-state index in [4.69, 9.17) is 57.8 Å². The van der Waals surface area contributed by atoms with E-state index < -0.39 is 11.8 Å². The van der Waals surface area contributed by atoms with Crippen LogP contribution in [0, 0.1) is 0 Å². The summed E-state index contributed by atoms with van der Waals surface area (Å²) in [6.07, 6.45) is 2.44. The zero-order chi connectivity index (χ0) is 34.6. The minimum Gasteiger partial charge on any atom is -0.378 e. The van der Waals surface area contributed by atoms with Crippen LogP contribution in [0.15, 0.2) is 12.2 Å². The minimum atomic E-state index is -0.397. The summed E-state index contributed by atoms with van der Waals surface area (Å²) < 4.78 is 59.5. The second-order valence-electron chi connectivity index (χ2n) is 9.79. The van der Waals surface area contributed by atoms with Gasteiger partial charge in [-0.3, -0.25) is 19.3 Å². The number of imide groups is 1. The van der Waals surface area contributed by atoms with Crippen LogP contribution >= 0.6 is 0 Å². The Hall–Kier alpha value is -2.13. The van der Waals surface area contributed by atoms with Gasteiger partial charge in [0.15, 0.2) is 0 Å². The molecule has 3 N–H and O–H groups in total. The number of hydrogen-bond acceptors (Lipinski definition) is 15. The number of hydrogen-bond donors (Lipinski definition) is 2. The molecule has 1 aliphatic heterocycles. The molecule has 0 aliphatic carbocycles. The van der Waals surface area contributed by atoms with Gasteiger partial charge in [-0.2, -0.15) is 0 Å². The van der Waals surface area contributed by atoms with Gasteiger partial charge in [0.1, 0.15) is 0 Å². The summed E-state index contributed by atoms with van der Waals surface area (Å²) in [7, 11) is 0. The lowest BCUT2D eigenvalue weighted by molar-refractivity contribution is -0.137. The molecule has 280 valence electrons. The molecule has 17 nitrogen and oxygen atoms in total. The maximum absolute atomic E-state index is 11.8. The molecule has 0 aromatic rings. The maximum atomic E-state index is 11.8. The molecule has 0 saturated heterocycles. The fraction of sp³-hybridized carbons (Fsp3) is 0.839. The number of nitrogens with one attached hydrogen (secondary N) is 1. The van der Waals surface area contributed by atoms with Crippen molar-refractivity contribution < 1.29 is 66.5 Å². The molecule has 1 heterocycles. The average molecular weight is 696 g/mol. The van der Waals surface area contributed by atoms with Crippen molar-refractivity contribution in [2.24, 2.45) is 5.73 Å². The molecule has 0 spiro atoms. The fourth-order valence-corrected chi connectivity index (χ4v) is 3.60. The van der Waals surface area contributed by atoms with Crippen molar-refractivity contribution in [2.75, 3.05) is 165 Å². The van der Waals surface area contributed by atoms with Gasteiger partial charge in [0.25, 0.3) is 11.8 Å². The maximum Gasteiger partial charge on any atom is 0.253 e. The second kappa shape index (κ2) is 34.7. The quantitative estimate of drug-likeness (QED) is 0.0563. The largest absolute Gasteiger partial charge is 0.378 e. The summed E-state index contributed by atoms with van der Waals surface area (Å²) in [5.41, 5.74) is 5.33. The first-order valence-electron chi connectivity index (χ1n) is 16.5. The van der Waals surface area contributed by atoms with Gasteiger partial charge in [-0.05, 0) is 0 Å². The molecule has 48 heavy (non-hydrogen) atoms. The van der Waals surface area contributed by atoms with Crippen LogP contribution in [0.2, 0.25) is 0 Å². The second-order valence-corrected chi connectivity index (χ2v) is 9.79. The van der Waals surface area contributed by atoms with Gasteiger partial charge in [-0.25, -0.2) is 0 Å². The highest BCUT2D eigenvalue weighted by atomic mass is 16.6. The lowest BCUT2D eigenvalue weighted by Gasteiger charge is -2.13. The highest BCUT2D eigenvalue weighted by Gasteiger charge is 2.23. The van der Waals surface area contributed by atoms with Crippen molar-refractivity contribution in [3.05, 3.63) is 12.2 Å². The Balaban J connectivity index is 1.64. The van der Waals surface area contributed by atoms with Gasteiger partial charge in [0, 0.05) is 38.2 Å². The topological polar surface area (TPSA) is 194 Å². The van der Waals surface area contributed by atoms with E-state index in [1.807, 2.05) is 0 Å². The van der Waals surface area contributed by atoms with Gasteiger partial charge < -0.3 is 63.2 Å². The van der Waals surface area contributed by atoms with E-state index in [0.717, 1.165) is 4.90 Å². The molecular formula is C31H57N3O14. The Morgan fingerprint density at radius 1 is 0.479 bits per heavy atom. The first-order chi connectivity index (χ1) is 23.6. The van der Waals surface area contributed by atoms with Crippen LogP contribution in [0.3, 0.4) is 0 Å². The third-order valence-electron chi connectivity index (χ3n) is 6.01. The van der Waals surface area contributed by atoms with E-state index in [1.54, 1.807) is 0 Å². The van der Waals surface area contributed by atoms with Crippen LogP contribution < -0.4 is 11.1 Å². The number of rotatable bonds is 38. The smallest absolute Gasteiger partial charge is 0.253 e. The SMILES string of the molecule is NCCOCCOCCOCCOCCOCCOCCOCCOCCOCCOCCOCCNC(=O)CCN1C(=O)C=CC1=O. The molecule has 3 amide bonds. The Labute approximate surface area is 283 Å². The van der Waals surface area contributed by atoms with Crippen molar-refractivity contribution in [1.82, 2.24) is 10.2 Å². The third-order valence-corrected chi connectivity index (χ3v) is 6.01. The standard InChI is InChI=1S/C31H57N3O14/c32-4-7-38-9-11-40-13-15-42-17-19-44-21-23-46-25-27-48-28-26-47-24-22-45-20-18-43-16-14-41-12-10-39-8-5-33-29(35)3-6-34-30(36)1-2-31(34)37/h1-2H,3-28,32H2,(H,33,35). The van der Waals surface area contributed by atoms with Crippen molar-refractivity contribution in [3.63, 3.8) is 0 Å². The van der Waals surface area contributed by atoms with Crippen LogP contribution in [0.4, 0.5) is 0 Å². The number of nitrogens with two attached hydrogens (primary N) is 1. The van der Waals surface area contributed by atoms with E-state index in [2.05, 4.69) is 5.32 Å². The van der Waals surface area contributed by atoms with E-state index in [0.29, 0.717) is 158 Å². The minimum absolute atomic E-state index is 0.0525. The lowest BCUT2D eigenvalue weighted by atomic mass is 10.3. The number of ether oxygens (including phenoxy) is 11. The van der Waals surface area contributed by atoms with Crippen molar-refractivity contribution >= 4 is 17.7 Å². The predicted octanol–water partition coefficient (Wildman–Crippen LogP) is -1.44. The molecular weight excluding hydrogens is 638 g/mol. The summed E-state index contributed by atoms with van der Waals surface area (Å²) >= 11 is 0. The van der Waals surface area contributed by atoms with E-state index in [-0.39, 0.29) is 18.9 Å². The number of carbonyl (C=O) groups is 3. The summed E-state index contributed by atoms with van der Waals surface area (Å²) in [5, 5.41) is 2.68. The molecule has 0 saturated carbocycles. The highest BCUT2D eigenvalue weighted by Crippen LogP contribution is 2.03. The van der Waals surface area contributed by atoms with E-state index in [9.17, 15) is 14.4 Å². The molecule has 1 aliphatic rings. The Morgan fingerprint density at radius 3 is 1.04 bits per heavy atom. The average Bonchev–Trinajstić information content (AvgIpc) is 3.41. The molecule has 17 heteroatoms. The molecule has 0 atom stereocenters. The van der Waals surface area contributed by atoms with Crippen LogP contribution in [0.25, 0.3) is 0 Å². The molecule has 0 aromatic heterocycles. The molecule has 1 rings (SSSR count). The monoisotopic (exact) mass is 695 g/mol. The Bertz CT molecular complexity index is 790. The Morgan fingerprint density at radius 2 is 0.750 bits per heavy atom. The predicted molar refractivity (Wildman–Crippen MR) is 172 cm³/mol. The zero-order valence-corrected chi connectivity index (χ0v) is 28.3. The van der Waals surface area contributed by atoms with Crippen molar-refractivity contribution in [2.45, 2.75) is 6.42 Å².